The Balaban J connectivity index is 1.76. The van der Waals surface area contributed by atoms with Gasteiger partial charge in [0.15, 0.2) is 5.13 Å². The molecule has 1 aromatic heterocycles. The molecule has 0 aliphatic carbocycles. The maximum Gasteiger partial charge on any atom is 0.427 e. The number of benzene rings is 1. The monoisotopic (exact) mass is 436 g/mol. The smallest absolute Gasteiger partial charge is 0.345 e. The van der Waals surface area contributed by atoms with Crippen molar-refractivity contribution in [1.29, 1.82) is 0 Å². The van der Waals surface area contributed by atoms with Crippen LogP contribution in [0.2, 0.25) is 0 Å². The molecule has 0 radical (unpaired) electrons. The van der Waals surface area contributed by atoms with Gasteiger partial charge in [-0.3, -0.25) is 10.1 Å². The number of halogens is 3. The van der Waals surface area contributed by atoms with Crippen molar-refractivity contribution in [2.24, 2.45) is 0 Å². The highest BCUT2D eigenvalue weighted by molar-refractivity contribution is 7.89. The molecule has 3 rings (SSSR count). The molecule has 0 unspecified atom stereocenters. The molecule has 1 aliphatic heterocycles. The van der Waals surface area contributed by atoms with Gasteiger partial charge in [-0.25, -0.2) is 13.4 Å². The van der Waals surface area contributed by atoms with E-state index in [0.717, 1.165) is 12.3 Å². The molecule has 0 amide bonds. The van der Waals surface area contributed by atoms with Crippen molar-refractivity contribution in [2.45, 2.75) is 18.0 Å². The normalized spacial score (nSPS) is 16.4. The molecule has 8 nitrogen and oxygen atoms in total. The van der Waals surface area contributed by atoms with E-state index in [2.05, 4.69) is 4.98 Å². The third-order valence-electron chi connectivity index (χ3n) is 4.28. The van der Waals surface area contributed by atoms with E-state index in [4.69, 9.17) is 0 Å². The number of anilines is 1. The Hall–Kier alpha value is -2.25. The van der Waals surface area contributed by atoms with E-state index in [9.17, 15) is 31.7 Å². The zero-order chi connectivity index (χ0) is 20.7. The van der Waals surface area contributed by atoms with Crippen molar-refractivity contribution in [3.8, 4) is 0 Å². The lowest BCUT2D eigenvalue weighted by molar-refractivity contribution is -0.385. The molecule has 28 heavy (non-hydrogen) atoms. The van der Waals surface area contributed by atoms with Crippen LogP contribution >= 0.6 is 11.3 Å². The lowest BCUT2D eigenvalue weighted by Gasteiger charge is -2.34. The SMILES string of the molecule is Cc1ccc([N+](=O)[O-])cc1S(=O)(=O)N1CCN(c2ncc(C(F)(F)F)s2)CC1. The Bertz CT molecular complexity index is 999. The van der Waals surface area contributed by atoms with E-state index in [-0.39, 0.29) is 41.9 Å². The molecule has 1 aliphatic rings. The number of hydrogen-bond acceptors (Lipinski definition) is 7. The first-order valence-corrected chi connectivity index (χ1v) is 10.3. The van der Waals surface area contributed by atoms with E-state index in [1.165, 1.54) is 16.4 Å². The summed E-state index contributed by atoms with van der Waals surface area (Å²) in [5.74, 6) is 0. The Kier molecular flexibility index (Phi) is 5.34. The number of alkyl halides is 3. The van der Waals surface area contributed by atoms with Gasteiger partial charge in [-0.1, -0.05) is 17.4 Å². The molecule has 2 aromatic rings. The average Bonchev–Trinajstić information content (AvgIpc) is 3.12. The van der Waals surface area contributed by atoms with Gasteiger partial charge in [-0.2, -0.15) is 17.5 Å². The highest BCUT2D eigenvalue weighted by Gasteiger charge is 2.35. The summed E-state index contributed by atoms with van der Waals surface area (Å²) in [6, 6.07) is 3.62. The summed E-state index contributed by atoms with van der Waals surface area (Å²) >= 11 is 0.506. The zero-order valence-corrected chi connectivity index (χ0v) is 16.1. The average molecular weight is 436 g/mol. The number of nitro groups is 1. The number of thiazole rings is 1. The van der Waals surface area contributed by atoms with Crippen LogP contribution in [0.1, 0.15) is 10.4 Å². The van der Waals surface area contributed by atoms with Gasteiger partial charge in [0.2, 0.25) is 10.0 Å². The van der Waals surface area contributed by atoms with Crippen molar-refractivity contribution in [3.63, 3.8) is 0 Å². The second-order valence-electron chi connectivity index (χ2n) is 6.10. The third-order valence-corrected chi connectivity index (χ3v) is 7.43. The number of nitro benzene ring substituents is 1. The Labute approximate surface area is 162 Å². The van der Waals surface area contributed by atoms with Crippen LogP contribution in [-0.4, -0.2) is 48.8 Å². The number of aryl methyl sites for hydroxylation is 1. The van der Waals surface area contributed by atoms with Gasteiger partial charge in [0.1, 0.15) is 4.88 Å². The molecule has 13 heteroatoms. The fraction of sp³-hybridized carbons (Fsp3) is 0.400. The van der Waals surface area contributed by atoms with Gasteiger partial charge in [-0.05, 0) is 12.5 Å². The third kappa shape index (κ3) is 3.95. The summed E-state index contributed by atoms with van der Waals surface area (Å²) in [7, 11) is -3.97. The minimum absolute atomic E-state index is 0.0331. The molecule has 0 saturated carbocycles. The number of nitrogens with zero attached hydrogens (tertiary/aromatic N) is 4. The first-order chi connectivity index (χ1) is 13.0. The summed E-state index contributed by atoms with van der Waals surface area (Å²) in [5, 5.41) is 11.1. The van der Waals surface area contributed by atoms with Crippen molar-refractivity contribution in [2.75, 3.05) is 31.1 Å². The van der Waals surface area contributed by atoms with Crippen LogP contribution in [-0.2, 0) is 16.2 Å². The van der Waals surface area contributed by atoms with Crippen LogP contribution in [0.25, 0.3) is 0 Å². The molecular formula is C15H15F3N4O4S2. The standard InChI is InChI=1S/C15H15F3N4O4S2/c1-10-2-3-11(22(23)24)8-12(10)28(25,26)21-6-4-20(5-7-21)14-19-9-13(27-14)15(16,17)18/h2-3,8-9H,4-7H2,1H3. The number of aromatic nitrogens is 1. The number of non-ortho nitro benzene ring substituents is 1. The maximum atomic E-state index is 12.9. The van der Waals surface area contributed by atoms with E-state index in [1.54, 1.807) is 11.8 Å². The van der Waals surface area contributed by atoms with E-state index in [1.807, 2.05) is 0 Å². The predicted molar refractivity (Wildman–Crippen MR) is 95.9 cm³/mol. The van der Waals surface area contributed by atoms with E-state index in [0.29, 0.717) is 16.9 Å². The van der Waals surface area contributed by atoms with Crippen molar-refractivity contribution in [3.05, 3.63) is 45.0 Å². The molecule has 0 N–H and O–H groups in total. The number of rotatable bonds is 4. The van der Waals surface area contributed by atoms with E-state index < -0.39 is 26.0 Å². The summed E-state index contributed by atoms with van der Waals surface area (Å²) in [4.78, 5) is 14.7. The largest absolute Gasteiger partial charge is 0.427 e. The van der Waals surface area contributed by atoms with Gasteiger partial charge >= 0.3 is 6.18 Å². The molecule has 0 spiro atoms. The number of sulfonamides is 1. The van der Waals surface area contributed by atoms with Gasteiger partial charge in [0.25, 0.3) is 5.69 Å². The fourth-order valence-corrected chi connectivity index (χ4v) is 5.28. The highest BCUT2D eigenvalue weighted by atomic mass is 32.2. The molecule has 0 atom stereocenters. The fourth-order valence-electron chi connectivity index (χ4n) is 2.78. The van der Waals surface area contributed by atoms with Gasteiger partial charge in [-0.15, -0.1) is 0 Å². The van der Waals surface area contributed by atoms with Crippen molar-refractivity contribution >= 4 is 32.2 Å². The van der Waals surface area contributed by atoms with Crippen molar-refractivity contribution < 1.29 is 26.5 Å². The predicted octanol–water partition coefficient (Wildman–Crippen LogP) is 2.89. The summed E-state index contributed by atoms with van der Waals surface area (Å²) in [6.07, 6.45) is -3.71. The summed E-state index contributed by atoms with van der Waals surface area (Å²) < 4.78 is 65.1. The molecular weight excluding hydrogens is 421 g/mol. The second kappa shape index (κ2) is 7.29. The molecule has 1 aromatic carbocycles. The van der Waals surface area contributed by atoms with Crippen LogP contribution in [0, 0.1) is 17.0 Å². The second-order valence-corrected chi connectivity index (χ2v) is 9.02. The zero-order valence-electron chi connectivity index (χ0n) is 14.5. The lowest BCUT2D eigenvalue weighted by atomic mass is 10.2. The van der Waals surface area contributed by atoms with Gasteiger partial charge in [0.05, 0.1) is 16.0 Å². The minimum Gasteiger partial charge on any atom is -0.345 e. The first kappa shape index (κ1) is 20.5. The topological polar surface area (TPSA) is 96.6 Å². The molecule has 0 bridgehead atoms. The van der Waals surface area contributed by atoms with Crippen LogP contribution < -0.4 is 4.90 Å². The number of hydrogen-bond donors (Lipinski definition) is 0. The maximum absolute atomic E-state index is 12.9. The minimum atomic E-state index is -4.47. The van der Waals surface area contributed by atoms with Crippen LogP contribution in [0.15, 0.2) is 29.3 Å². The molecule has 152 valence electrons. The highest BCUT2D eigenvalue weighted by Crippen LogP contribution is 2.36. The summed E-state index contributed by atoms with van der Waals surface area (Å²) in [6.45, 7) is 1.94. The molecule has 2 heterocycles. The Morgan fingerprint density at radius 1 is 1.21 bits per heavy atom. The molecule has 1 fully saturated rings. The first-order valence-electron chi connectivity index (χ1n) is 8.03. The Morgan fingerprint density at radius 3 is 2.39 bits per heavy atom. The quantitative estimate of drug-likeness (QED) is 0.540. The lowest BCUT2D eigenvalue weighted by Crippen LogP contribution is -2.48. The van der Waals surface area contributed by atoms with Crippen LogP contribution in [0.5, 0.6) is 0 Å². The van der Waals surface area contributed by atoms with Crippen LogP contribution in [0.4, 0.5) is 24.0 Å². The van der Waals surface area contributed by atoms with Gasteiger partial charge in [0, 0.05) is 38.3 Å². The van der Waals surface area contributed by atoms with E-state index >= 15 is 0 Å². The Morgan fingerprint density at radius 2 is 1.86 bits per heavy atom. The molecule has 1 saturated heterocycles. The van der Waals surface area contributed by atoms with Crippen molar-refractivity contribution in [1.82, 2.24) is 9.29 Å². The summed E-state index contributed by atoms with van der Waals surface area (Å²) in [5.41, 5.74) is 0.0491. The van der Waals surface area contributed by atoms with Gasteiger partial charge < -0.3 is 4.90 Å². The van der Waals surface area contributed by atoms with Crippen LogP contribution in [0.3, 0.4) is 0 Å². The number of piperazine rings is 1.